The van der Waals surface area contributed by atoms with Crippen LogP contribution in [0.4, 0.5) is 0 Å². The van der Waals surface area contributed by atoms with Gasteiger partial charge in [-0.25, -0.2) is 0 Å². The SMILES string of the molecule is C[C@]12CC[C@@H]3[C@H](CC=C4CC5(CC[C@@]43C)OCCO5)[C@H]1CC[C@H]2C=O. The van der Waals surface area contributed by atoms with Gasteiger partial charge in [-0.1, -0.05) is 25.5 Å². The zero-order chi connectivity index (χ0) is 17.3. The molecule has 0 radical (unpaired) electrons. The van der Waals surface area contributed by atoms with Crippen LogP contribution >= 0.6 is 0 Å². The van der Waals surface area contributed by atoms with Gasteiger partial charge in [-0.3, -0.25) is 0 Å². The van der Waals surface area contributed by atoms with Crippen LogP contribution in [0.25, 0.3) is 0 Å². The quantitative estimate of drug-likeness (QED) is 0.519. The lowest BCUT2D eigenvalue weighted by Crippen LogP contribution is -2.52. The van der Waals surface area contributed by atoms with Crippen molar-refractivity contribution in [3.8, 4) is 0 Å². The zero-order valence-corrected chi connectivity index (χ0v) is 15.8. The monoisotopic (exact) mass is 344 g/mol. The molecular formula is C22H32O3. The number of carbonyl (C=O) groups is 1. The van der Waals surface area contributed by atoms with Crippen molar-refractivity contribution >= 4 is 6.29 Å². The molecule has 5 aliphatic rings. The molecule has 4 fully saturated rings. The molecule has 1 aliphatic heterocycles. The summed E-state index contributed by atoms with van der Waals surface area (Å²) in [4.78, 5) is 11.6. The fourth-order valence-electron chi connectivity index (χ4n) is 7.61. The lowest BCUT2D eigenvalue weighted by atomic mass is 9.47. The Balaban J connectivity index is 1.45. The maximum Gasteiger partial charge on any atom is 0.172 e. The highest BCUT2D eigenvalue weighted by molar-refractivity contribution is 5.56. The maximum absolute atomic E-state index is 11.6. The molecule has 0 N–H and O–H groups in total. The van der Waals surface area contributed by atoms with Crippen LogP contribution in [0.3, 0.4) is 0 Å². The van der Waals surface area contributed by atoms with Crippen LogP contribution in [0.5, 0.6) is 0 Å². The van der Waals surface area contributed by atoms with Crippen molar-refractivity contribution in [2.24, 2.45) is 34.5 Å². The second-order valence-corrected chi connectivity index (χ2v) is 9.91. The van der Waals surface area contributed by atoms with Crippen molar-refractivity contribution in [2.75, 3.05) is 13.2 Å². The topological polar surface area (TPSA) is 35.5 Å². The van der Waals surface area contributed by atoms with E-state index in [2.05, 4.69) is 19.9 Å². The van der Waals surface area contributed by atoms with E-state index in [1.165, 1.54) is 38.4 Å². The number of allylic oxidation sites excluding steroid dienone is 1. The first-order valence-electron chi connectivity index (χ1n) is 10.4. The highest BCUT2D eigenvalue weighted by Gasteiger charge is 2.60. The van der Waals surface area contributed by atoms with E-state index in [-0.39, 0.29) is 11.2 Å². The molecule has 0 unspecified atom stereocenters. The van der Waals surface area contributed by atoms with Crippen molar-refractivity contribution in [3.05, 3.63) is 11.6 Å². The third kappa shape index (κ3) is 2.15. The first kappa shape index (κ1) is 16.5. The molecule has 0 aromatic carbocycles. The summed E-state index contributed by atoms with van der Waals surface area (Å²) in [5.74, 6) is 2.29. The minimum absolute atomic E-state index is 0.262. The minimum atomic E-state index is -0.308. The normalized spacial score (nSPS) is 50.7. The molecular weight excluding hydrogens is 312 g/mol. The fraction of sp³-hybridized carbons (Fsp3) is 0.864. The predicted molar refractivity (Wildman–Crippen MR) is 95.9 cm³/mol. The summed E-state index contributed by atoms with van der Waals surface area (Å²) in [6, 6.07) is 0. The van der Waals surface area contributed by atoms with Gasteiger partial charge in [-0.2, -0.15) is 0 Å². The molecule has 3 saturated carbocycles. The van der Waals surface area contributed by atoms with Crippen molar-refractivity contribution < 1.29 is 14.3 Å². The van der Waals surface area contributed by atoms with Crippen molar-refractivity contribution in [1.29, 1.82) is 0 Å². The Morgan fingerprint density at radius 1 is 1.04 bits per heavy atom. The summed E-state index contributed by atoms with van der Waals surface area (Å²) < 4.78 is 12.0. The van der Waals surface area contributed by atoms with Gasteiger partial charge in [0.1, 0.15) is 6.29 Å². The first-order valence-corrected chi connectivity index (χ1v) is 10.4. The van der Waals surface area contributed by atoms with Gasteiger partial charge in [0.2, 0.25) is 0 Å². The van der Waals surface area contributed by atoms with E-state index in [9.17, 15) is 4.79 Å². The second-order valence-electron chi connectivity index (χ2n) is 9.91. The van der Waals surface area contributed by atoms with Gasteiger partial charge in [0, 0.05) is 18.8 Å². The third-order valence-electron chi connectivity index (χ3n) is 9.16. The van der Waals surface area contributed by atoms with Crippen LogP contribution in [0.1, 0.15) is 65.2 Å². The molecule has 1 spiro atoms. The van der Waals surface area contributed by atoms with Gasteiger partial charge < -0.3 is 14.3 Å². The van der Waals surface area contributed by atoms with E-state index in [0.717, 1.165) is 50.2 Å². The predicted octanol–water partition coefficient (Wildman–Crippen LogP) is 4.51. The lowest BCUT2D eigenvalue weighted by Gasteiger charge is -2.58. The fourth-order valence-corrected chi connectivity index (χ4v) is 7.61. The Morgan fingerprint density at radius 2 is 1.84 bits per heavy atom. The van der Waals surface area contributed by atoms with Gasteiger partial charge >= 0.3 is 0 Å². The molecule has 3 nitrogen and oxygen atoms in total. The molecule has 0 amide bonds. The molecule has 1 heterocycles. The Labute approximate surface area is 151 Å². The molecule has 5 rings (SSSR count). The van der Waals surface area contributed by atoms with Crippen LogP contribution in [-0.4, -0.2) is 25.3 Å². The van der Waals surface area contributed by atoms with Crippen molar-refractivity contribution in [1.82, 2.24) is 0 Å². The average Bonchev–Trinajstić information content (AvgIpc) is 3.19. The average molecular weight is 344 g/mol. The highest BCUT2D eigenvalue weighted by Crippen LogP contribution is 2.66. The first-order chi connectivity index (χ1) is 12.0. The van der Waals surface area contributed by atoms with Crippen molar-refractivity contribution in [2.45, 2.75) is 71.0 Å². The molecule has 1 saturated heterocycles. The maximum atomic E-state index is 11.6. The Bertz CT molecular complexity index is 604. The van der Waals surface area contributed by atoms with Crippen LogP contribution in [0.15, 0.2) is 11.6 Å². The summed E-state index contributed by atoms with van der Waals surface area (Å²) in [6.07, 6.45) is 13.2. The molecule has 6 atom stereocenters. The molecule has 0 bridgehead atoms. The summed E-state index contributed by atoms with van der Waals surface area (Å²) in [5.41, 5.74) is 2.19. The number of rotatable bonds is 1. The number of ether oxygens (including phenoxy) is 2. The van der Waals surface area contributed by atoms with E-state index in [4.69, 9.17) is 9.47 Å². The van der Waals surface area contributed by atoms with Crippen LogP contribution in [0, 0.1) is 34.5 Å². The summed E-state index contributed by atoms with van der Waals surface area (Å²) in [6.45, 7) is 6.44. The van der Waals surface area contributed by atoms with Gasteiger partial charge in [0.25, 0.3) is 0 Å². The zero-order valence-electron chi connectivity index (χ0n) is 15.8. The van der Waals surface area contributed by atoms with Crippen LogP contribution in [0.2, 0.25) is 0 Å². The largest absolute Gasteiger partial charge is 0.347 e. The number of hydrogen-bond donors (Lipinski definition) is 0. The number of carbonyl (C=O) groups excluding carboxylic acids is 1. The standard InChI is InChI=1S/C22H32O3/c1-20-8-7-19-17(18(20)6-4-16(20)14-23)5-3-15-13-22(24-11-12-25-22)10-9-21(15,19)2/h3,14,16-19H,4-13H2,1-2H3/t16-,17+,18+,19+,20+,21-/m0/s1. The van der Waals surface area contributed by atoms with Crippen LogP contribution in [-0.2, 0) is 14.3 Å². The van der Waals surface area contributed by atoms with Gasteiger partial charge in [0.05, 0.1) is 13.2 Å². The van der Waals surface area contributed by atoms with E-state index >= 15 is 0 Å². The van der Waals surface area contributed by atoms with Crippen LogP contribution < -0.4 is 0 Å². The number of hydrogen-bond acceptors (Lipinski definition) is 3. The van der Waals surface area contributed by atoms with Crippen molar-refractivity contribution in [3.63, 3.8) is 0 Å². The van der Waals surface area contributed by atoms with E-state index < -0.39 is 0 Å². The van der Waals surface area contributed by atoms with E-state index in [1.807, 2.05) is 0 Å². The highest BCUT2D eigenvalue weighted by atomic mass is 16.7. The molecule has 3 heteroatoms. The molecule has 0 aromatic heterocycles. The number of fused-ring (bicyclic) bond motifs is 5. The molecule has 25 heavy (non-hydrogen) atoms. The summed E-state index contributed by atoms with van der Waals surface area (Å²) in [5, 5.41) is 0. The summed E-state index contributed by atoms with van der Waals surface area (Å²) >= 11 is 0. The number of aldehydes is 1. The van der Waals surface area contributed by atoms with E-state index in [0.29, 0.717) is 11.3 Å². The van der Waals surface area contributed by atoms with Gasteiger partial charge in [-0.05, 0) is 67.1 Å². The van der Waals surface area contributed by atoms with Gasteiger partial charge in [-0.15, -0.1) is 0 Å². The molecule has 0 aromatic rings. The Morgan fingerprint density at radius 3 is 2.60 bits per heavy atom. The third-order valence-corrected chi connectivity index (χ3v) is 9.16. The lowest BCUT2D eigenvalue weighted by molar-refractivity contribution is -0.185. The Kier molecular flexibility index (Phi) is 3.58. The van der Waals surface area contributed by atoms with Gasteiger partial charge in [0.15, 0.2) is 5.79 Å². The minimum Gasteiger partial charge on any atom is -0.347 e. The second kappa shape index (κ2) is 5.42. The summed E-state index contributed by atoms with van der Waals surface area (Å²) in [7, 11) is 0. The smallest absolute Gasteiger partial charge is 0.172 e. The molecule has 138 valence electrons. The van der Waals surface area contributed by atoms with E-state index in [1.54, 1.807) is 5.57 Å². The Hall–Kier alpha value is -0.670. The molecule has 4 aliphatic carbocycles.